The van der Waals surface area contributed by atoms with Crippen LogP contribution in [0.15, 0.2) is 9.59 Å². The molecule has 4 rings (SSSR count). The molecule has 2 saturated carbocycles. The van der Waals surface area contributed by atoms with Crippen molar-refractivity contribution in [2.75, 3.05) is 37.4 Å². The van der Waals surface area contributed by atoms with E-state index in [4.69, 9.17) is 5.73 Å². The monoisotopic (exact) mass is 671 g/mol. The average molecular weight is 672 g/mol. The number of hydrogen-bond acceptors (Lipinski definition) is 9. The van der Waals surface area contributed by atoms with Gasteiger partial charge in [0, 0.05) is 27.2 Å². The van der Waals surface area contributed by atoms with Gasteiger partial charge in [-0.15, -0.1) is 0 Å². The third-order valence-electron chi connectivity index (χ3n) is 10.5. The van der Waals surface area contributed by atoms with Crippen LogP contribution in [0.25, 0.3) is 0 Å². The number of hydrogen-bond donors (Lipinski definition) is 5. The summed E-state index contributed by atoms with van der Waals surface area (Å²) in [4.78, 5) is 93.5. The van der Waals surface area contributed by atoms with Crippen molar-refractivity contribution < 1.29 is 24.0 Å². The molecule has 0 aromatic heterocycles. The number of urea groups is 1. The highest BCUT2D eigenvalue weighted by molar-refractivity contribution is 6.37. The molecule has 2 aliphatic carbocycles. The summed E-state index contributed by atoms with van der Waals surface area (Å²) in [5, 5.41) is 11.6. The predicted molar refractivity (Wildman–Crippen MR) is 182 cm³/mol. The minimum atomic E-state index is -1.11. The maximum absolute atomic E-state index is 14.3. The van der Waals surface area contributed by atoms with E-state index in [0.29, 0.717) is 13.0 Å². The number of ketones is 1. The maximum atomic E-state index is 14.3. The van der Waals surface area contributed by atoms with Crippen molar-refractivity contribution in [3.8, 4) is 0 Å². The Balaban J connectivity index is 1.51. The molecule has 1 aliphatic heterocycles. The van der Waals surface area contributed by atoms with Gasteiger partial charge < -0.3 is 36.8 Å². The van der Waals surface area contributed by atoms with Gasteiger partial charge in [0.2, 0.25) is 17.6 Å². The Bertz CT molecular complexity index is 1540. The van der Waals surface area contributed by atoms with E-state index < -0.39 is 75.4 Å². The quantitative estimate of drug-likeness (QED) is 0.187. The number of primary amides is 1. The first-order valence-electron chi connectivity index (χ1n) is 16.7. The average Bonchev–Trinajstić information content (AvgIpc) is 3.81. The first-order chi connectivity index (χ1) is 22.0. The van der Waals surface area contributed by atoms with Crippen LogP contribution < -0.4 is 42.8 Å². The van der Waals surface area contributed by atoms with Crippen molar-refractivity contribution in [3.05, 3.63) is 20.4 Å². The highest BCUT2D eigenvalue weighted by atomic mass is 16.2. The van der Waals surface area contributed by atoms with Crippen LogP contribution in [0.4, 0.5) is 16.2 Å². The predicted octanol–water partition coefficient (Wildman–Crippen LogP) is 0.711. The van der Waals surface area contributed by atoms with Gasteiger partial charge in [-0.1, -0.05) is 68.2 Å². The Hall–Kier alpha value is -3.97. The molecule has 1 saturated heterocycles. The van der Waals surface area contributed by atoms with Crippen molar-refractivity contribution in [1.82, 2.24) is 20.9 Å². The SMILES string of the molecule is CN(C)c1c(NC[C@@H](NC(=O)N[C@H](C(=O)N2C[C@H]3[C@@H]([C@H]2C(=O)NC(CC2CC2)C(=O)C(N)=O)C3(C)C)C(C)(C)C)C(C)(C)C)c(=O)c1=O. The third-order valence-corrected chi connectivity index (χ3v) is 10.5. The summed E-state index contributed by atoms with van der Waals surface area (Å²) >= 11 is 0. The number of carbonyl (C=O) groups is 5. The third kappa shape index (κ3) is 7.36. The minimum absolute atomic E-state index is 0.0548. The second kappa shape index (κ2) is 12.8. The van der Waals surface area contributed by atoms with Crippen LogP contribution in [-0.2, 0) is 19.2 Å². The lowest BCUT2D eigenvalue weighted by Gasteiger charge is -2.38. The van der Waals surface area contributed by atoms with E-state index in [2.05, 4.69) is 21.3 Å². The Morgan fingerprint density at radius 1 is 0.938 bits per heavy atom. The van der Waals surface area contributed by atoms with Crippen LogP contribution >= 0.6 is 0 Å². The van der Waals surface area contributed by atoms with Crippen molar-refractivity contribution in [3.63, 3.8) is 0 Å². The molecule has 3 fully saturated rings. The molecule has 6 atom stereocenters. The number of piperidine rings is 1. The van der Waals surface area contributed by atoms with Crippen molar-refractivity contribution in [1.29, 1.82) is 0 Å². The van der Waals surface area contributed by atoms with Crippen molar-refractivity contribution in [2.24, 2.45) is 39.7 Å². The van der Waals surface area contributed by atoms with Gasteiger partial charge in [-0.25, -0.2) is 4.79 Å². The number of nitrogens with two attached hydrogens (primary N) is 1. The summed E-state index contributed by atoms with van der Waals surface area (Å²) in [6.45, 7) is 15.8. The maximum Gasteiger partial charge on any atom is 0.315 e. The molecule has 1 aromatic rings. The normalized spacial score (nSPS) is 23.4. The topological polar surface area (TPSA) is 200 Å². The molecule has 6 N–H and O–H groups in total. The fourth-order valence-electron chi connectivity index (χ4n) is 7.05. The lowest BCUT2D eigenvalue weighted by molar-refractivity contribution is -0.145. The van der Waals surface area contributed by atoms with E-state index >= 15 is 0 Å². The summed E-state index contributed by atoms with van der Waals surface area (Å²) in [5.74, 6) is -2.76. The summed E-state index contributed by atoms with van der Waals surface area (Å²) in [6.07, 6.45) is 2.13. The van der Waals surface area contributed by atoms with Crippen molar-refractivity contribution >= 4 is 40.9 Å². The Kier molecular flexibility index (Phi) is 9.84. The number of fused-ring (bicyclic) bond motifs is 1. The van der Waals surface area contributed by atoms with Crippen LogP contribution in [0.2, 0.25) is 0 Å². The molecular weight excluding hydrogens is 618 g/mol. The summed E-state index contributed by atoms with van der Waals surface area (Å²) < 4.78 is 0. The first kappa shape index (κ1) is 36.9. The van der Waals surface area contributed by atoms with E-state index in [-0.39, 0.29) is 41.1 Å². The molecule has 266 valence electrons. The number of carbonyl (C=O) groups excluding carboxylic acids is 5. The zero-order valence-electron chi connectivity index (χ0n) is 29.9. The Morgan fingerprint density at radius 2 is 1.54 bits per heavy atom. The van der Waals surface area contributed by atoms with E-state index in [9.17, 15) is 33.6 Å². The second-order valence-corrected chi connectivity index (χ2v) is 16.9. The van der Waals surface area contributed by atoms with Gasteiger partial charge in [0.05, 0.1) is 12.1 Å². The van der Waals surface area contributed by atoms with E-state index in [1.54, 1.807) is 19.0 Å². The van der Waals surface area contributed by atoms with Gasteiger partial charge in [0.25, 0.3) is 16.8 Å². The number of nitrogens with zero attached hydrogens (tertiary/aromatic N) is 2. The molecular formula is C34H53N7O7. The smallest absolute Gasteiger partial charge is 0.315 e. The number of anilines is 2. The molecule has 14 heteroatoms. The molecule has 3 aliphatic rings. The summed E-state index contributed by atoms with van der Waals surface area (Å²) in [7, 11) is 3.34. The fourth-order valence-corrected chi connectivity index (χ4v) is 7.05. The van der Waals surface area contributed by atoms with Gasteiger partial charge in [0.1, 0.15) is 23.5 Å². The number of likely N-dealkylation sites (tertiary alicyclic amines) is 1. The zero-order valence-corrected chi connectivity index (χ0v) is 29.9. The molecule has 48 heavy (non-hydrogen) atoms. The number of rotatable bonds is 13. The lowest BCUT2D eigenvalue weighted by atomic mass is 9.85. The van der Waals surface area contributed by atoms with Gasteiger partial charge >= 0.3 is 6.03 Å². The van der Waals surface area contributed by atoms with E-state index in [1.165, 1.54) is 4.90 Å². The van der Waals surface area contributed by atoms with Gasteiger partial charge in [-0.2, -0.15) is 0 Å². The van der Waals surface area contributed by atoms with Crippen LogP contribution in [0.5, 0.6) is 0 Å². The molecule has 1 aromatic carbocycles. The van der Waals surface area contributed by atoms with Gasteiger partial charge in [-0.05, 0) is 40.4 Å². The Labute approximate surface area is 282 Å². The van der Waals surface area contributed by atoms with Crippen LogP contribution in [0.3, 0.4) is 0 Å². The van der Waals surface area contributed by atoms with E-state index in [0.717, 1.165) is 12.8 Å². The second-order valence-electron chi connectivity index (χ2n) is 16.9. The molecule has 0 radical (unpaired) electrons. The van der Waals surface area contributed by atoms with Crippen molar-refractivity contribution in [2.45, 2.75) is 98.8 Å². The molecule has 14 nitrogen and oxygen atoms in total. The molecule has 5 amide bonds. The molecule has 0 spiro atoms. The Morgan fingerprint density at radius 3 is 2.04 bits per heavy atom. The highest BCUT2D eigenvalue weighted by Gasteiger charge is 2.70. The highest BCUT2D eigenvalue weighted by Crippen LogP contribution is 2.65. The molecule has 0 bridgehead atoms. The number of nitrogens with one attached hydrogen (secondary N) is 4. The van der Waals surface area contributed by atoms with Crippen LogP contribution in [-0.4, -0.2) is 85.8 Å². The number of amides is 5. The van der Waals surface area contributed by atoms with Gasteiger partial charge in [0.15, 0.2) is 0 Å². The summed E-state index contributed by atoms with van der Waals surface area (Å²) in [6, 6.07) is -4.08. The first-order valence-corrected chi connectivity index (χ1v) is 16.7. The van der Waals surface area contributed by atoms with Gasteiger partial charge in [-0.3, -0.25) is 28.8 Å². The number of Topliss-reactive ketones (excluding diaryl/α,β-unsaturated/α-hetero) is 1. The standard InChI is InChI=1S/C34H53N7O7/c1-32(2,3)19(14-36-21-23(40(9)10)26(44)25(21)43)38-31(48)39-27(33(4,5)6)30(47)41-15-17-20(34(17,7)8)22(41)29(46)37-18(13-16-11-12-16)24(42)28(35)45/h16-20,22,27,36H,11-15H2,1-10H3,(H2,35,45)(H,37,46)(H2,38,39,48)/t17-,18?,19+,20-,22-,27+/m0/s1. The molecule has 1 unspecified atom stereocenters. The lowest BCUT2D eigenvalue weighted by Crippen LogP contribution is -2.62. The largest absolute Gasteiger partial charge is 0.378 e. The van der Waals surface area contributed by atoms with Crippen LogP contribution in [0, 0.1) is 34.0 Å². The minimum Gasteiger partial charge on any atom is -0.378 e. The van der Waals surface area contributed by atoms with Crippen LogP contribution in [0.1, 0.15) is 74.7 Å². The van der Waals surface area contributed by atoms with E-state index in [1.807, 2.05) is 55.4 Å². The molecule has 1 heterocycles. The summed E-state index contributed by atoms with van der Waals surface area (Å²) in [5.41, 5.74) is 3.14. The zero-order chi connectivity index (χ0) is 36.3. The fraction of sp³-hybridized carbons (Fsp3) is 0.735.